The monoisotopic (exact) mass is 330 g/mol. The molecule has 0 aliphatic carbocycles. The number of unbranched alkanes of at least 4 members (excludes halogenated alkanes) is 1. The second kappa shape index (κ2) is 7.65. The van der Waals surface area contributed by atoms with Crippen molar-refractivity contribution < 1.29 is 0 Å². The zero-order valence-corrected chi connectivity index (χ0v) is 13.7. The Kier molecular flexibility index (Phi) is 6.51. The van der Waals surface area contributed by atoms with Gasteiger partial charge in [-0.1, -0.05) is 13.3 Å². The fourth-order valence-electron chi connectivity index (χ4n) is 1.89. The Morgan fingerprint density at radius 1 is 1.53 bits per heavy atom. The summed E-state index contributed by atoms with van der Waals surface area (Å²) in [5.74, 6) is 0. The molecule has 0 aromatic carbocycles. The Labute approximate surface area is 123 Å². The SMILES string of the molecule is CCCCn1ncc(NC(C)CN(C)C)c(Br)c1=O. The zero-order chi connectivity index (χ0) is 14.4. The van der Waals surface area contributed by atoms with Crippen LogP contribution in [0.3, 0.4) is 0 Å². The van der Waals surface area contributed by atoms with Crippen LogP contribution in [-0.2, 0) is 6.54 Å². The first kappa shape index (κ1) is 16.2. The van der Waals surface area contributed by atoms with Crippen molar-refractivity contribution >= 4 is 21.6 Å². The third-order valence-corrected chi connectivity index (χ3v) is 3.52. The van der Waals surface area contributed by atoms with Gasteiger partial charge in [0.05, 0.1) is 11.9 Å². The van der Waals surface area contributed by atoms with Crippen LogP contribution >= 0.6 is 15.9 Å². The number of aryl methyl sites for hydroxylation is 1. The van der Waals surface area contributed by atoms with Crippen LogP contribution < -0.4 is 10.9 Å². The average molecular weight is 331 g/mol. The van der Waals surface area contributed by atoms with E-state index in [2.05, 4.69) is 45.1 Å². The van der Waals surface area contributed by atoms with Crippen LogP contribution in [0.15, 0.2) is 15.5 Å². The fourth-order valence-corrected chi connectivity index (χ4v) is 2.31. The lowest BCUT2D eigenvalue weighted by Gasteiger charge is -2.20. The molecule has 0 amide bonds. The smallest absolute Gasteiger partial charge is 0.283 e. The van der Waals surface area contributed by atoms with Crippen molar-refractivity contribution in [3.63, 3.8) is 0 Å². The number of nitrogens with zero attached hydrogens (tertiary/aromatic N) is 3. The molecular formula is C13H23BrN4O. The fraction of sp³-hybridized carbons (Fsp3) is 0.692. The average Bonchev–Trinajstić information content (AvgIpc) is 2.33. The molecule has 1 atom stereocenters. The Hall–Kier alpha value is -0.880. The summed E-state index contributed by atoms with van der Waals surface area (Å²) in [5.41, 5.74) is 0.683. The van der Waals surface area contributed by atoms with Gasteiger partial charge in [-0.15, -0.1) is 0 Å². The molecular weight excluding hydrogens is 308 g/mol. The lowest BCUT2D eigenvalue weighted by atomic mass is 10.3. The second-order valence-corrected chi connectivity index (χ2v) is 5.85. The van der Waals surface area contributed by atoms with Crippen LogP contribution in [0.1, 0.15) is 26.7 Å². The number of aromatic nitrogens is 2. The second-order valence-electron chi connectivity index (χ2n) is 5.06. The summed E-state index contributed by atoms with van der Waals surface area (Å²) in [6, 6.07) is 0.249. The molecule has 0 aliphatic rings. The molecule has 0 fully saturated rings. The lowest BCUT2D eigenvalue weighted by molar-refractivity contribution is 0.392. The minimum Gasteiger partial charge on any atom is -0.379 e. The predicted octanol–water partition coefficient (Wildman–Crippen LogP) is 2.17. The van der Waals surface area contributed by atoms with Gasteiger partial charge in [-0.05, 0) is 43.4 Å². The standard InChI is InChI=1S/C13H23BrN4O/c1-5-6-7-18-13(19)12(14)11(8-15-18)16-10(2)9-17(3)4/h8,10,16H,5-7,9H2,1-4H3. The van der Waals surface area contributed by atoms with E-state index < -0.39 is 0 Å². The number of likely N-dealkylation sites (N-methyl/N-ethyl adjacent to an activating group) is 1. The van der Waals surface area contributed by atoms with Crippen molar-refractivity contribution in [2.45, 2.75) is 39.3 Å². The molecule has 0 saturated heterocycles. The summed E-state index contributed by atoms with van der Waals surface area (Å²) in [4.78, 5) is 14.2. The highest BCUT2D eigenvalue weighted by atomic mass is 79.9. The van der Waals surface area contributed by atoms with Crippen LogP contribution in [0.2, 0.25) is 0 Å². The van der Waals surface area contributed by atoms with Crippen LogP contribution in [0.4, 0.5) is 5.69 Å². The number of hydrogen-bond acceptors (Lipinski definition) is 4. The van der Waals surface area contributed by atoms with E-state index >= 15 is 0 Å². The highest BCUT2D eigenvalue weighted by Crippen LogP contribution is 2.17. The molecule has 108 valence electrons. The van der Waals surface area contributed by atoms with Gasteiger partial charge in [-0.25, -0.2) is 4.68 Å². The third kappa shape index (κ3) is 4.95. The first-order chi connectivity index (χ1) is 8.95. The zero-order valence-electron chi connectivity index (χ0n) is 12.1. The van der Waals surface area contributed by atoms with E-state index in [1.54, 1.807) is 6.20 Å². The van der Waals surface area contributed by atoms with E-state index in [4.69, 9.17) is 0 Å². The van der Waals surface area contributed by atoms with Gasteiger partial charge < -0.3 is 10.2 Å². The molecule has 0 saturated carbocycles. The molecule has 19 heavy (non-hydrogen) atoms. The molecule has 1 heterocycles. The number of nitrogens with one attached hydrogen (secondary N) is 1. The lowest BCUT2D eigenvalue weighted by Crippen LogP contribution is -2.31. The van der Waals surface area contributed by atoms with E-state index in [9.17, 15) is 4.79 Å². The highest BCUT2D eigenvalue weighted by molar-refractivity contribution is 9.10. The third-order valence-electron chi connectivity index (χ3n) is 2.75. The van der Waals surface area contributed by atoms with E-state index in [1.165, 1.54) is 4.68 Å². The van der Waals surface area contributed by atoms with E-state index in [0.29, 0.717) is 11.0 Å². The molecule has 0 radical (unpaired) electrons. The summed E-state index contributed by atoms with van der Waals surface area (Å²) in [6.45, 7) is 5.74. The summed E-state index contributed by atoms with van der Waals surface area (Å²) < 4.78 is 2.07. The van der Waals surface area contributed by atoms with Crippen molar-refractivity contribution in [2.24, 2.45) is 0 Å². The maximum atomic E-state index is 12.1. The van der Waals surface area contributed by atoms with Crippen LogP contribution in [0, 0.1) is 0 Å². The Morgan fingerprint density at radius 2 is 2.21 bits per heavy atom. The highest BCUT2D eigenvalue weighted by Gasteiger charge is 2.11. The normalized spacial score (nSPS) is 12.7. The molecule has 6 heteroatoms. The largest absolute Gasteiger partial charge is 0.379 e. The summed E-state index contributed by atoms with van der Waals surface area (Å²) >= 11 is 3.37. The Morgan fingerprint density at radius 3 is 2.79 bits per heavy atom. The van der Waals surface area contributed by atoms with Crippen molar-refractivity contribution in [2.75, 3.05) is 26.0 Å². The molecule has 1 rings (SSSR count). The Balaban J connectivity index is 2.81. The van der Waals surface area contributed by atoms with E-state index in [-0.39, 0.29) is 11.6 Å². The topological polar surface area (TPSA) is 50.2 Å². The van der Waals surface area contributed by atoms with Gasteiger partial charge in [-0.3, -0.25) is 4.79 Å². The molecule has 1 aromatic heterocycles. The van der Waals surface area contributed by atoms with Gasteiger partial charge in [0.25, 0.3) is 5.56 Å². The van der Waals surface area contributed by atoms with E-state index in [1.807, 2.05) is 14.1 Å². The molecule has 0 bridgehead atoms. The number of hydrogen-bond donors (Lipinski definition) is 1. The van der Waals surface area contributed by atoms with Gasteiger partial charge in [0.1, 0.15) is 4.47 Å². The number of anilines is 1. The Bertz CT molecular complexity index is 458. The van der Waals surface area contributed by atoms with E-state index in [0.717, 1.165) is 25.1 Å². The first-order valence-corrected chi connectivity index (χ1v) is 7.41. The minimum atomic E-state index is -0.0736. The van der Waals surface area contributed by atoms with Crippen molar-refractivity contribution in [1.29, 1.82) is 0 Å². The predicted molar refractivity (Wildman–Crippen MR) is 82.7 cm³/mol. The van der Waals surface area contributed by atoms with Crippen LogP contribution in [0.5, 0.6) is 0 Å². The molecule has 1 N–H and O–H groups in total. The van der Waals surface area contributed by atoms with Gasteiger partial charge in [0.2, 0.25) is 0 Å². The number of halogens is 1. The van der Waals surface area contributed by atoms with Crippen LogP contribution in [0.25, 0.3) is 0 Å². The van der Waals surface area contributed by atoms with Gasteiger partial charge in [-0.2, -0.15) is 5.10 Å². The molecule has 0 aliphatic heterocycles. The quantitative estimate of drug-likeness (QED) is 0.832. The number of rotatable bonds is 7. The maximum Gasteiger partial charge on any atom is 0.283 e. The summed E-state index contributed by atoms with van der Waals surface area (Å²) in [7, 11) is 4.04. The molecule has 0 spiro atoms. The van der Waals surface area contributed by atoms with Gasteiger partial charge in [0, 0.05) is 19.1 Å². The van der Waals surface area contributed by atoms with Crippen molar-refractivity contribution in [3.8, 4) is 0 Å². The van der Waals surface area contributed by atoms with Crippen molar-refractivity contribution in [3.05, 3.63) is 21.0 Å². The van der Waals surface area contributed by atoms with Crippen molar-refractivity contribution in [1.82, 2.24) is 14.7 Å². The summed E-state index contributed by atoms with van der Waals surface area (Å²) in [6.07, 6.45) is 3.72. The molecule has 5 nitrogen and oxygen atoms in total. The minimum absolute atomic E-state index is 0.0736. The molecule has 1 unspecified atom stereocenters. The van der Waals surface area contributed by atoms with Crippen LogP contribution in [-0.4, -0.2) is 41.4 Å². The van der Waals surface area contributed by atoms with Gasteiger partial charge in [0.15, 0.2) is 0 Å². The first-order valence-electron chi connectivity index (χ1n) is 6.62. The maximum absolute atomic E-state index is 12.1. The van der Waals surface area contributed by atoms with Gasteiger partial charge >= 0.3 is 0 Å². The molecule has 1 aromatic rings. The summed E-state index contributed by atoms with van der Waals surface area (Å²) in [5, 5.41) is 7.51.